The summed E-state index contributed by atoms with van der Waals surface area (Å²) in [6.07, 6.45) is 0. The Balaban J connectivity index is 1.81. The highest BCUT2D eigenvalue weighted by Gasteiger charge is 2.26. The largest absolute Gasteiger partial charge is 0.483 e. The van der Waals surface area contributed by atoms with Crippen molar-refractivity contribution in [2.24, 2.45) is 0 Å². The molecule has 3 aromatic rings. The quantitative estimate of drug-likeness (QED) is 0.468. The Labute approximate surface area is 194 Å². The second-order valence-electron chi connectivity index (χ2n) is 6.79. The molecule has 0 spiro atoms. The van der Waals surface area contributed by atoms with Gasteiger partial charge in [0.2, 0.25) is 0 Å². The van der Waals surface area contributed by atoms with Gasteiger partial charge in [-0.1, -0.05) is 41.9 Å². The Morgan fingerprint density at radius 1 is 1.00 bits per heavy atom. The van der Waals surface area contributed by atoms with Gasteiger partial charge in [-0.3, -0.25) is 9.59 Å². The summed E-state index contributed by atoms with van der Waals surface area (Å²) >= 11 is 7.09. The molecule has 2 aromatic carbocycles. The van der Waals surface area contributed by atoms with Gasteiger partial charge in [0.1, 0.15) is 10.8 Å². The fourth-order valence-electron chi connectivity index (χ4n) is 2.93. The number of rotatable bonds is 7. The van der Waals surface area contributed by atoms with Gasteiger partial charge in [-0.15, -0.1) is 11.3 Å². The molecule has 1 heterocycles. The third-order valence-electron chi connectivity index (χ3n) is 4.57. The second-order valence-corrected chi connectivity index (χ2v) is 8.22. The summed E-state index contributed by atoms with van der Waals surface area (Å²) < 4.78 is 10.4. The maximum Gasteiger partial charge on any atom is 0.341 e. The molecule has 3 rings (SSSR count). The number of nitrogens with one attached hydrogen (secondary N) is 2. The fourth-order valence-corrected chi connectivity index (χ4v) is 4.22. The van der Waals surface area contributed by atoms with Crippen molar-refractivity contribution in [3.8, 4) is 5.75 Å². The van der Waals surface area contributed by atoms with Crippen LogP contribution in [0.15, 0.2) is 48.5 Å². The van der Waals surface area contributed by atoms with Crippen molar-refractivity contribution in [3.05, 3.63) is 75.1 Å². The lowest BCUT2D eigenvalue weighted by molar-refractivity contribution is -0.118. The number of hydrogen-bond donors (Lipinski definition) is 2. The van der Waals surface area contributed by atoms with Crippen molar-refractivity contribution in [3.63, 3.8) is 0 Å². The van der Waals surface area contributed by atoms with Crippen LogP contribution in [0.3, 0.4) is 0 Å². The Bertz CT molecular complexity index is 1170. The number of methoxy groups -OCH3 is 1. The lowest BCUT2D eigenvalue weighted by Crippen LogP contribution is -2.21. The summed E-state index contributed by atoms with van der Waals surface area (Å²) in [5.74, 6) is -1.01. The maximum atomic E-state index is 12.8. The van der Waals surface area contributed by atoms with Crippen molar-refractivity contribution < 1.29 is 23.9 Å². The van der Waals surface area contributed by atoms with Gasteiger partial charge in [-0.2, -0.15) is 0 Å². The van der Waals surface area contributed by atoms with E-state index in [1.807, 2.05) is 25.1 Å². The molecular weight excluding hydrogens is 452 g/mol. The highest BCUT2D eigenvalue weighted by Crippen LogP contribution is 2.34. The van der Waals surface area contributed by atoms with Gasteiger partial charge >= 0.3 is 5.97 Å². The predicted molar refractivity (Wildman–Crippen MR) is 125 cm³/mol. The van der Waals surface area contributed by atoms with Crippen molar-refractivity contribution in [1.29, 1.82) is 0 Å². The summed E-state index contributed by atoms with van der Waals surface area (Å²) in [5.41, 5.74) is 1.83. The summed E-state index contributed by atoms with van der Waals surface area (Å²) in [6, 6.07) is 14.1. The highest BCUT2D eigenvalue weighted by molar-refractivity contribution is 7.19. The summed E-state index contributed by atoms with van der Waals surface area (Å²) in [4.78, 5) is 37.9. The molecule has 0 unspecified atom stereocenters. The Morgan fingerprint density at radius 2 is 1.69 bits per heavy atom. The molecule has 32 heavy (non-hydrogen) atoms. The van der Waals surface area contributed by atoms with Crippen molar-refractivity contribution >= 4 is 51.4 Å². The predicted octanol–water partition coefficient (Wildman–Crippen LogP) is 5.07. The maximum absolute atomic E-state index is 12.8. The van der Waals surface area contributed by atoms with Gasteiger partial charge in [0.05, 0.1) is 28.3 Å². The van der Waals surface area contributed by atoms with E-state index in [4.69, 9.17) is 21.1 Å². The molecule has 0 aliphatic heterocycles. The first-order valence-electron chi connectivity index (χ1n) is 9.57. The van der Waals surface area contributed by atoms with Crippen molar-refractivity contribution in [1.82, 2.24) is 0 Å². The van der Waals surface area contributed by atoms with E-state index < -0.39 is 17.8 Å². The van der Waals surface area contributed by atoms with Crippen LogP contribution in [-0.2, 0) is 9.53 Å². The Morgan fingerprint density at radius 3 is 2.38 bits per heavy atom. The average Bonchev–Trinajstić information content (AvgIpc) is 3.10. The molecule has 9 heteroatoms. The van der Waals surface area contributed by atoms with Gasteiger partial charge in [-0.05, 0) is 43.2 Å². The standard InChI is InChI=1S/C23H21ClN2O5S/c1-13-8-4-7-11-17(13)31-12-18(27)26-22-19(23(29)30-3)14(2)20(32-22)21(28)25-16-10-6-5-9-15(16)24/h4-11H,12H2,1-3H3,(H,25,28)(H,26,27). The summed E-state index contributed by atoms with van der Waals surface area (Å²) in [5, 5.41) is 5.96. The summed E-state index contributed by atoms with van der Waals surface area (Å²) in [6.45, 7) is 3.22. The van der Waals surface area contributed by atoms with E-state index in [0.717, 1.165) is 16.9 Å². The fraction of sp³-hybridized carbons (Fsp3) is 0.174. The van der Waals surface area contributed by atoms with E-state index >= 15 is 0 Å². The van der Waals surface area contributed by atoms with Gasteiger partial charge in [0.15, 0.2) is 6.61 Å². The van der Waals surface area contributed by atoms with E-state index in [9.17, 15) is 14.4 Å². The van der Waals surface area contributed by atoms with Gasteiger partial charge in [-0.25, -0.2) is 4.79 Å². The van der Waals surface area contributed by atoms with Crippen LogP contribution in [0, 0.1) is 13.8 Å². The molecule has 0 aliphatic carbocycles. The van der Waals surface area contributed by atoms with E-state index in [2.05, 4.69) is 10.6 Å². The summed E-state index contributed by atoms with van der Waals surface area (Å²) in [7, 11) is 1.23. The monoisotopic (exact) mass is 472 g/mol. The Hall–Kier alpha value is -3.36. The number of amides is 2. The normalized spacial score (nSPS) is 10.4. The van der Waals surface area contributed by atoms with Crippen molar-refractivity contribution in [2.45, 2.75) is 13.8 Å². The molecule has 0 saturated heterocycles. The lowest BCUT2D eigenvalue weighted by Gasteiger charge is -2.09. The number of hydrogen-bond acceptors (Lipinski definition) is 6. The molecule has 0 atom stereocenters. The molecule has 166 valence electrons. The number of esters is 1. The first-order valence-corrected chi connectivity index (χ1v) is 10.8. The molecule has 0 radical (unpaired) electrons. The van der Waals surface area contributed by atoms with E-state index in [0.29, 0.717) is 22.0 Å². The zero-order valence-electron chi connectivity index (χ0n) is 17.7. The van der Waals surface area contributed by atoms with E-state index in [-0.39, 0.29) is 22.0 Å². The van der Waals surface area contributed by atoms with Crippen LogP contribution >= 0.6 is 22.9 Å². The van der Waals surface area contributed by atoms with E-state index in [1.54, 1.807) is 37.3 Å². The Kier molecular flexibility index (Phi) is 7.50. The van der Waals surface area contributed by atoms with Crippen LogP contribution in [0.25, 0.3) is 0 Å². The van der Waals surface area contributed by atoms with Crippen LogP contribution in [0.4, 0.5) is 10.7 Å². The van der Waals surface area contributed by atoms with Crippen LogP contribution < -0.4 is 15.4 Å². The minimum Gasteiger partial charge on any atom is -0.483 e. The minimum atomic E-state index is -0.661. The van der Waals surface area contributed by atoms with Gasteiger partial charge in [0.25, 0.3) is 11.8 Å². The molecule has 0 bridgehead atoms. The average molecular weight is 473 g/mol. The number of halogens is 1. The van der Waals surface area contributed by atoms with Crippen molar-refractivity contribution in [2.75, 3.05) is 24.4 Å². The van der Waals surface area contributed by atoms with E-state index in [1.165, 1.54) is 7.11 Å². The van der Waals surface area contributed by atoms with Crippen LogP contribution in [0.5, 0.6) is 5.75 Å². The third kappa shape index (κ3) is 5.27. The highest BCUT2D eigenvalue weighted by atomic mass is 35.5. The number of benzene rings is 2. The molecule has 0 saturated carbocycles. The number of thiophene rings is 1. The molecular formula is C23H21ClN2O5S. The number of carbonyl (C=O) groups excluding carboxylic acids is 3. The molecule has 7 nitrogen and oxygen atoms in total. The SMILES string of the molecule is COC(=O)c1c(NC(=O)COc2ccccc2C)sc(C(=O)Nc2ccccc2Cl)c1C. The number of anilines is 2. The molecule has 2 N–H and O–H groups in total. The zero-order chi connectivity index (χ0) is 23.3. The smallest absolute Gasteiger partial charge is 0.341 e. The van der Waals surface area contributed by atoms with Gasteiger partial charge in [0, 0.05) is 0 Å². The first-order chi connectivity index (χ1) is 15.3. The minimum absolute atomic E-state index is 0.117. The van der Waals surface area contributed by atoms with Crippen LogP contribution in [0.1, 0.15) is 31.2 Å². The molecule has 0 fully saturated rings. The zero-order valence-corrected chi connectivity index (χ0v) is 19.2. The number of ether oxygens (including phenoxy) is 2. The first kappa shape index (κ1) is 23.3. The number of para-hydroxylation sites is 2. The number of aryl methyl sites for hydroxylation is 1. The topological polar surface area (TPSA) is 93.7 Å². The van der Waals surface area contributed by atoms with Gasteiger partial charge < -0.3 is 20.1 Å². The number of carbonyl (C=O) groups is 3. The van der Waals surface area contributed by atoms with Crippen LogP contribution in [-0.4, -0.2) is 31.5 Å². The third-order valence-corrected chi connectivity index (χ3v) is 6.11. The lowest BCUT2D eigenvalue weighted by atomic mass is 10.1. The second kappa shape index (κ2) is 10.3. The van der Waals surface area contributed by atoms with Crippen LogP contribution in [0.2, 0.25) is 5.02 Å². The molecule has 0 aliphatic rings. The molecule has 2 amide bonds. The molecule has 1 aromatic heterocycles.